The molecule has 0 radical (unpaired) electrons. The quantitative estimate of drug-likeness (QED) is 0.884. The number of hydrogen-bond donors (Lipinski definition) is 2. The molecule has 2 aromatic rings. The number of hydrogen-bond acceptors (Lipinski definition) is 5. The maximum atomic E-state index is 5.54. The minimum atomic E-state index is 0.0654. The minimum Gasteiger partial charge on any atom is -0.454 e. The molecule has 2 aliphatic heterocycles. The fourth-order valence-electron chi connectivity index (χ4n) is 3.40. The molecular formula is C19H23N3O2. The predicted octanol–water partition coefficient (Wildman–Crippen LogP) is 2.49. The molecule has 3 heterocycles. The smallest absolute Gasteiger partial charge is 0.231 e. The van der Waals surface area contributed by atoms with Crippen LogP contribution in [0.1, 0.15) is 30.1 Å². The van der Waals surface area contributed by atoms with Crippen LogP contribution in [-0.2, 0) is 0 Å². The first-order valence-electron chi connectivity index (χ1n) is 8.65. The summed E-state index contributed by atoms with van der Waals surface area (Å²) >= 11 is 0. The van der Waals surface area contributed by atoms with Gasteiger partial charge in [0.05, 0.1) is 11.7 Å². The maximum absolute atomic E-state index is 5.54. The van der Waals surface area contributed by atoms with Crippen LogP contribution in [0.3, 0.4) is 0 Å². The number of benzene rings is 1. The summed E-state index contributed by atoms with van der Waals surface area (Å²) in [6.07, 6.45) is 4.30. The van der Waals surface area contributed by atoms with Crippen LogP contribution in [0, 0.1) is 5.92 Å². The highest BCUT2D eigenvalue weighted by molar-refractivity contribution is 5.46. The molecule has 1 aromatic carbocycles. The highest BCUT2D eigenvalue weighted by atomic mass is 16.7. The van der Waals surface area contributed by atoms with Gasteiger partial charge in [-0.15, -0.1) is 0 Å². The molecule has 0 amide bonds. The Labute approximate surface area is 142 Å². The zero-order valence-electron chi connectivity index (χ0n) is 13.7. The molecule has 4 rings (SSSR count). The van der Waals surface area contributed by atoms with Crippen molar-refractivity contribution in [2.24, 2.45) is 5.92 Å². The Bertz CT molecular complexity index is 672. The van der Waals surface area contributed by atoms with Gasteiger partial charge in [0.25, 0.3) is 0 Å². The molecule has 24 heavy (non-hydrogen) atoms. The van der Waals surface area contributed by atoms with Crippen LogP contribution >= 0.6 is 0 Å². The van der Waals surface area contributed by atoms with Crippen molar-refractivity contribution in [2.45, 2.75) is 18.9 Å². The maximum Gasteiger partial charge on any atom is 0.231 e. The van der Waals surface area contributed by atoms with Gasteiger partial charge in [-0.3, -0.25) is 4.98 Å². The van der Waals surface area contributed by atoms with E-state index in [2.05, 4.69) is 33.8 Å². The van der Waals surface area contributed by atoms with Crippen molar-refractivity contribution in [2.75, 3.05) is 26.4 Å². The number of nitrogens with one attached hydrogen (secondary N) is 2. The van der Waals surface area contributed by atoms with E-state index >= 15 is 0 Å². The van der Waals surface area contributed by atoms with E-state index in [9.17, 15) is 0 Å². The van der Waals surface area contributed by atoms with Gasteiger partial charge in [0.2, 0.25) is 6.79 Å². The number of pyridine rings is 1. The molecule has 0 bridgehead atoms. The summed E-state index contributed by atoms with van der Waals surface area (Å²) in [6.45, 7) is 3.53. The normalized spacial score (nSPS) is 18.5. The number of piperidine rings is 1. The fraction of sp³-hybridized carbons (Fsp3) is 0.421. The first-order valence-corrected chi connectivity index (χ1v) is 8.65. The van der Waals surface area contributed by atoms with Gasteiger partial charge < -0.3 is 20.1 Å². The largest absolute Gasteiger partial charge is 0.454 e. The highest BCUT2D eigenvalue weighted by Crippen LogP contribution is 2.35. The van der Waals surface area contributed by atoms with Gasteiger partial charge in [-0.05, 0) is 68.2 Å². The van der Waals surface area contributed by atoms with Crippen molar-refractivity contribution in [1.82, 2.24) is 15.6 Å². The van der Waals surface area contributed by atoms with E-state index in [0.717, 1.165) is 42.4 Å². The number of ether oxygens (including phenoxy) is 2. The zero-order chi connectivity index (χ0) is 16.2. The molecule has 126 valence electrons. The van der Waals surface area contributed by atoms with Crippen LogP contribution in [0.15, 0.2) is 42.6 Å². The van der Waals surface area contributed by atoms with Gasteiger partial charge in [0.1, 0.15) is 0 Å². The number of rotatable bonds is 5. The van der Waals surface area contributed by atoms with Crippen molar-refractivity contribution >= 4 is 0 Å². The molecule has 1 unspecified atom stereocenters. The van der Waals surface area contributed by atoms with Crippen LogP contribution in [0.25, 0.3) is 0 Å². The summed E-state index contributed by atoms with van der Waals surface area (Å²) in [5, 5.41) is 7.15. The summed E-state index contributed by atoms with van der Waals surface area (Å²) in [6, 6.07) is 12.3. The van der Waals surface area contributed by atoms with Crippen LogP contribution in [-0.4, -0.2) is 31.4 Å². The van der Waals surface area contributed by atoms with Crippen molar-refractivity contribution in [3.63, 3.8) is 0 Å². The lowest BCUT2D eigenvalue weighted by atomic mass is 9.96. The number of aromatic nitrogens is 1. The Balaban J connectivity index is 1.56. The molecule has 1 atom stereocenters. The van der Waals surface area contributed by atoms with E-state index in [4.69, 9.17) is 9.47 Å². The van der Waals surface area contributed by atoms with Crippen LogP contribution in [0.4, 0.5) is 0 Å². The first kappa shape index (κ1) is 15.4. The van der Waals surface area contributed by atoms with E-state index in [1.165, 1.54) is 12.8 Å². The van der Waals surface area contributed by atoms with Crippen LogP contribution < -0.4 is 20.1 Å². The molecule has 2 N–H and O–H groups in total. The second-order valence-corrected chi connectivity index (χ2v) is 6.40. The predicted molar refractivity (Wildman–Crippen MR) is 92.2 cm³/mol. The van der Waals surface area contributed by atoms with Crippen molar-refractivity contribution in [1.29, 1.82) is 0 Å². The third-order valence-corrected chi connectivity index (χ3v) is 4.78. The van der Waals surface area contributed by atoms with Crippen molar-refractivity contribution in [3.8, 4) is 11.5 Å². The minimum absolute atomic E-state index is 0.0654. The van der Waals surface area contributed by atoms with Gasteiger partial charge in [0, 0.05) is 6.20 Å². The topological polar surface area (TPSA) is 55.4 Å². The van der Waals surface area contributed by atoms with Gasteiger partial charge in [-0.1, -0.05) is 12.1 Å². The SMILES string of the molecule is c1ccc(C(NCC2CCNCC2)c2ccc3c(c2)OCO3)nc1. The standard InChI is InChI=1S/C19H23N3O2/c1-2-8-21-16(3-1)19(22-12-14-6-9-20-10-7-14)15-4-5-17-18(11-15)24-13-23-17/h1-5,8,11,14,19-20,22H,6-7,9-10,12-13H2. The molecular weight excluding hydrogens is 302 g/mol. The fourth-order valence-corrected chi connectivity index (χ4v) is 3.40. The van der Waals surface area contributed by atoms with E-state index in [0.29, 0.717) is 12.7 Å². The molecule has 0 saturated carbocycles. The molecule has 1 saturated heterocycles. The van der Waals surface area contributed by atoms with E-state index in [-0.39, 0.29) is 6.04 Å². The van der Waals surface area contributed by atoms with Crippen molar-refractivity contribution in [3.05, 3.63) is 53.9 Å². The van der Waals surface area contributed by atoms with Crippen LogP contribution in [0.2, 0.25) is 0 Å². The Kier molecular flexibility index (Phi) is 4.62. The summed E-state index contributed by atoms with van der Waals surface area (Å²) in [7, 11) is 0. The van der Waals surface area contributed by atoms with Gasteiger partial charge in [0.15, 0.2) is 11.5 Å². The first-order chi connectivity index (χ1) is 11.9. The van der Waals surface area contributed by atoms with E-state index in [1.54, 1.807) is 0 Å². The van der Waals surface area contributed by atoms with Gasteiger partial charge in [-0.2, -0.15) is 0 Å². The Hall–Kier alpha value is -2.11. The highest BCUT2D eigenvalue weighted by Gasteiger charge is 2.21. The molecule has 0 spiro atoms. The lowest BCUT2D eigenvalue weighted by Gasteiger charge is -2.26. The summed E-state index contributed by atoms with van der Waals surface area (Å²) in [5.74, 6) is 2.35. The summed E-state index contributed by atoms with van der Waals surface area (Å²) in [4.78, 5) is 4.57. The second kappa shape index (κ2) is 7.20. The molecule has 5 heteroatoms. The Morgan fingerprint density at radius 2 is 2.00 bits per heavy atom. The van der Waals surface area contributed by atoms with E-state index < -0.39 is 0 Å². The zero-order valence-corrected chi connectivity index (χ0v) is 13.7. The van der Waals surface area contributed by atoms with Crippen molar-refractivity contribution < 1.29 is 9.47 Å². The summed E-state index contributed by atoms with van der Waals surface area (Å²) in [5.41, 5.74) is 2.19. The molecule has 5 nitrogen and oxygen atoms in total. The van der Waals surface area contributed by atoms with E-state index in [1.807, 2.05) is 24.4 Å². The Morgan fingerprint density at radius 3 is 2.83 bits per heavy atom. The molecule has 1 aromatic heterocycles. The lowest BCUT2D eigenvalue weighted by Crippen LogP contribution is -2.35. The second-order valence-electron chi connectivity index (χ2n) is 6.40. The average Bonchev–Trinajstić information content (AvgIpc) is 3.12. The third kappa shape index (κ3) is 3.37. The summed E-state index contributed by atoms with van der Waals surface area (Å²) < 4.78 is 11.0. The van der Waals surface area contributed by atoms with Gasteiger partial charge >= 0.3 is 0 Å². The van der Waals surface area contributed by atoms with Crippen LogP contribution in [0.5, 0.6) is 11.5 Å². The Morgan fingerprint density at radius 1 is 1.12 bits per heavy atom. The molecule has 2 aliphatic rings. The molecule has 1 fully saturated rings. The lowest BCUT2D eigenvalue weighted by molar-refractivity contribution is 0.174. The number of nitrogens with zero attached hydrogens (tertiary/aromatic N) is 1. The number of fused-ring (bicyclic) bond motifs is 1. The monoisotopic (exact) mass is 325 g/mol. The molecule has 0 aliphatic carbocycles. The third-order valence-electron chi connectivity index (χ3n) is 4.78. The average molecular weight is 325 g/mol. The van der Waals surface area contributed by atoms with Gasteiger partial charge in [-0.25, -0.2) is 0 Å².